The molecule has 82 valence electrons. The van der Waals surface area contributed by atoms with E-state index in [1.54, 1.807) is 30.3 Å². The number of halogens is 2. The maximum Gasteiger partial charge on any atom is 0.238 e. The Morgan fingerprint density at radius 3 is 2.62 bits per heavy atom. The molecule has 2 aromatic rings. The number of hydrogen-bond acceptors (Lipinski definition) is 4. The number of nitrogen functional groups attached to an aromatic ring is 1. The molecule has 1 heterocycles. The maximum absolute atomic E-state index is 5.95. The minimum absolute atomic E-state index is 0.370. The quantitative estimate of drug-likeness (QED) is 0.865. The molecule has 0 amide bonds. The Bertz CT molecular complexity index is 504. The molecule has 0 unspecified atom stereocenters. The molecular weight excluding hydrogens is 293 g/mol. The van der Waals surface area contributed by atoms with E-state index < -0.39 is 0 Å². The summed E-state index contributed by atoms with van der Waals surface area (Å²) in [6, 6.07) is 8.41. The van der Waals surface area contributed by atoms with E-state index in [0.717, 1.165) is 0 Å². The molecule has 0 saturated heterocycles. The molecule has 0 bridgehead atoms. The Morgan fingerprint density at radius 2 is 2.00 bits per heavy atom. The molecule has 6 heteroatoms. The van der Waals surface area contributed by atoms with Crippen molar-refractivity contribution in [3.8, 4) is 11.6 Å². The Balaban J connectivity index is 2.23. The fourth-order valence-electron chi connectivity index (χ4n) is 1.07. The van der Waals surface area contributed by atoms with Crippen LogP contribution in [0, 0.1) is 0 Å². The summed E-state index contributed by atoms with van der Waals surface area (Å²) in [5.41, 5.74) is 6.15. The number of benzene rings is 1. The van der Waals surface area contributed by atoms with Crippen molar-refractivity contribution in [3.05, 3.63) is 40.0 Å². The second kappa shape index (κ2) is 4.67. The molecule has 0 aliphatic heterocycles. The lowest BCUT2D eigenvalue weighted by Gasteiger charge is -2.06. The summed E-state index contributed by atoms with van der Waals surface area (Å²) in [7, 11) is 0. The first-order valence-corrected chi connectivity index (χ1v) is 5.54. The van der Waals surface area contributed by atoms with Crippen molar-refractivity contribution in [1.82, 2.24) is 10.2 Å². The van der Waals surface area contributed by atoms with Gasteiger partial charge in [0, 0.05) is 11.8 Å². The van der Waals surface area contributed by atoms with Crippen molar-refractivity contribution in [3.63, 3.8) is 0 Å². The minimum atomic E-state index is 0.370. The van der Waals surface area contributed by atoms with Crippen LogP contribution in [0.3, 0.4) is 0 Å². The third-order valence-corrected chi connectivity index (χ3v) is 2.50. The number of anilines is 1. The summed E-state index contributed by atoms with van der Waals surface area (Å²) >= 11 is 9.13. The molecule has 2 rings (SSSR count). The zero-order chi connectivity index (χ0) is 11.5. The van der Waals surface area contributed by atoms with Gasteiger partial charge in [0.1, 0.15) is 10.4 Å². The molecule has 0 spiro atoms. The SMILES string of the molecule is Nc1ccc(Oc2ccc(Br)nn2)c(Cl)c1. The smallest absolute Gasteiger partial charge is 0.238 e. The maximum atomic E-state index is 5.95. The molecule has 0 fully saturated rings. The first-order chi connectivity index (χ1) is 7.65. The molecule has 0 atom stereocenters. The van der Waals surface area contributed by atoms with Crippen LogP contribution in [0.15, 0.2) is 34.9 Å². The van der Waals surface area contributed by atoms with E-state index in [4.69, 9.17) is 22.1 Å². The number of nitrogens with two attached hydrogens (primary N) is 1. The van der Waals surface area contributed by atoms with Gasteiger partial charge in [-0.15, -0.1) is 10.2 Å². The number of aromatic nitrogens is 2. The Labute approximate surface area is 106 Å². The van der Waals surface area contributed by atoms with Gasteiger partial charge in [-0.2, -0.15) is 0 Å². The molecule has 1 aromatic carbocycles. The molecule has 2 N–H and O–H groups in total. The fourth-order valence-corrected chi connectivity index (χ4v) is 1.51. The average Bonchev–Trinajstić information content (AvgIpc) is 2.25. The first kappa shape index (κ1) is 11.2. The van der Waals surface area contributed by atoms with Crippen LogP contribution in [0.5, 0.6) is 11.6 Å². The highest BCUT2D eigenvalue weighted by molar-refractivity contribution is 9.10. The largest absolute Gasteiger partial charge is 0.436 e. The van der Waals surface area contributed by atoms with Gasteiger partial charge in [0.15, 0.2) is 0 Å². The Kier molecular flexibility index (Phi) is 3.26. The standard InChI is InChI=1S/C10H7BrClN3O/c11-9-3-4-10(15-14-9)16-8-2-1-6(13)5-7(8)12/h1-5H,13H2. The van der Waals surface area contributed by atoms with Gasteiger partial charge >= 0.3 is 0 Å². The third-order valence-electron chi connectivity index (χ3n) is 1.78. The molecule has 0 saturated carbocycles. The molecule has 0 aliphatic carbocycles. The van der Waals surface area contributed by atoms with E-state index >= 15 is 0 Å². The summed E-state index contributed by atoms with van der Waals surface area (Å²) in [5, 5.41) is 8.06. The van der Waals surface area contributed by atoms with Crippen LogP contribution in [-0.2, 0) is 0 Å². The molecule has 16 heavy (non-hydrogen) atoms. The van der Waals surface area contributed by atoms with Crippen LogP contribution in [0.1, 0.15) is 0 Å². The van der Waals surface area contributed by atoms with Crippen LogP contribution >= 0.6 is 27.5 Å². The Hall–Kier alpha value is -1.33. The van der Waals surface area contributed by atoms with E-state index in [1.807, 2.05) is 0 Å². The summed E-state index contributed by atoms with van der Waals surface area (Å²) < 4.78 is 6.08. The topological polar surface area (TPSA) is 61.0 Å². The van der Waals surface area contributed by atoms with Crippen molar-refractivity contribution in [2.75, 3.05) is 5.73 Å². The molecule has 0 radical (unpaired) electrons. The number of ether oxygens (including phenoxy) is 1. The molecular formula is C10H7BrClN3O. The summed E-state index contributed by atoms with van der Waals surface area (Å²) in [5.74, 6) is 0.863. The lowest BCUT2D eigenvalue weighted by atomic mass is 10.3. The number of rotatable bonds is 2. The van der Waals surface area contributed by atoms with Gasteiger partial charge in [-0.05, 0) is 40.2 Å². The lowest BCUT2D eigenvalue weighted by molar-refractivity contribution is 0.455. The zero-order valence-electron chi connectivity index (χ0n) is 8.02. The second-order valence-corrected chi connectivity index (χ2v) is 4.21. The van der Waals surface area contributed by atoms with Gasteiger partial charge < -0.3 is 10.5 Å². The van der Waals surface area contributed by atoms with Crippen LogP contribution in [0.4, 0.5) is 5.69 Å². The highest BCUT2D eigenvalue weighted by Gasteiger charge is 2.04. The van der Waals surface area contributed by atoms with E-state index in [0.29, 0.717) is 26.9 Å². The Morgan fingerprint density at radius 1 is 1.19 bits per heavy atom. The van der Waals surface area contributed by atoms with Gasteiger partial charge in [0.25, 0.3) is 0 Å². The van der Waals surface area contributed by atoms with Crippen molar-refractivity contribution in [2.45, 2.75) is 0 Å². The van der Waals surface area contributed by atoms with Gasteiger partial charge in [0.05, 0.1) is 5.02 Å². The minimum Gasteiger partial charge on any atom is -0.436 e. The molecule has 4 nitrogen and oxygen atoms in total. The van der Waals surface area contributed by atoms with Crippen LogP contribution in [0.2, 0.25) is 5.02 Å². The normalized spacial score (nSPS) is 10.1. The van der Waals surface area contributed by atoms with Gasteiger partial charge in [-0.3, -0.25) is 0 Å². The van der Waals surface area contributed by atoms with E-state index in [-0.39, 0.29) is 0 Å². The van der Waals surface area contributed by atoms with Crippen molar-refractivity contribution < 1.29 is 4.74 Å². The van der Waals surface area contributed by atoms with E-state index in [2.05, 4.69) is 26.1 Å². The van der Waals surface area contributed by atoms with Crippen molar-refractivity contribution in [2.24, 2.45) is 0 Å². The number of nitrogens with zero attached hydrogens (tertiary/aromatic N) is 2. The van der Waals surface area contributed by atoms with Crippen LogP contribution in [-0.4, -0.2) is 10.2 Å². The predicted octanol–water partition coefficient (Wildman–Crippen LogP) is 3.27. The van der Waals surface area contributed by atoms with Gasteiger partial charge in [0.2, 0.25) is 5.88 Å². The van der Waals surface area contributed by atoms with Crippen LogP contribution in [0.25, 0.3) is 0 Å². The predicted molar refractivity (Wildman–Crippen MR) is 65.7 cm³/mol. The highest BCUT2D eigenvalue weighted by atomic mass is 79.9. The zero-order valence-corrected chi connectivity index (χ0v) is 10.4. The average molecular weight is 301 g/mol. The highest BCUT2D eigenvalue weighted by Crippen LogP contribution is 2.29. The summed E-state index contributed by atoms with van der Waals surface area (Å²) in [4.78, 5) is 0. The molecule has 0 aliphatic rings. The van der Waals surface area contributed by atoms with E-state index in [1.165, 1.54) is 0 Å². The van der Waals surface area contributed by atoms with Crippen molar-refractivity contribution in [1.29, 1.82) is 0 Å². The number of hydrogen-bond donors (Lipinski definition) is 1. The monoisotopic (exact) mass is 299 g/mol. The van der Waals surface area contributed by atoms with Crippen LogP contribution < -0.4 is 10.5 Å². The van der Waals surface area contributed by atoms with Gasteiger partial charge in [-0.25, -0.2) is 0 Å². The summed E-state index contributed by atoms with van der Waals surface area (Å²) in [6.45, 7) is 0. The third kappa shape index (κ3) is 2.62. The lowest BCUT2D eigenvalue weighted by Crippen LogP contribution is -1.92. The second-order valence-electron chi connectivity index (χ2n) is 2.99. The summed E-state index contributed by atoms with van der Waals surface area (Å²) in [6.07, 6.45) is 0. The van der Waals surface area contributed by atoms with E-state index in [9.17, 15) is 0 Å². The molecule has 1 aromatic heterocycles. The van der Waals surface area contributed by atoms with Crippen molar-refractivity contribution >= 4 is 33.2 Å². The van der Waals surface area contributed by atoms with Gasteiger partial charge in [-0.1, -0.05) is 11.6 Å². The fraction of sp³-hybridized carbons (Fsp3) is 0. The first-order valence-electron chi connectivity index (χ1n) is 4.37.